The summed E-state index contributed by atoms with van der Waals surface area (Å²) in [5.74, 6) is 0. The van der Waals surface area contributed by atoms with Gasteiger partial charge in [0.2, 0.25) is 0 Å². The summed E-state index contributed by atoms with van der Waals surface area (Å²) in [7, 11) is 4.25. The first-order valence-corrected chi connectivity index (χ1v) is 6.89. The molecular weight excluding hydrogens is 222 g/mol. The van der Waals surface area contributed by atoms with E-state index in [9.17, 15) is 0 Å². The molecule has 1 unspecified atom stereocenters. The van der Waals surface area contributed by atoms with Crippen LogP contribution < -0.4 is 10.6 Å². The number of nitrogens with zero attached hydrogens (tertiary/aromatic N) is 1. The van der Waals surface area contributed by atoms with Gasteiger partial charge >= 0.3 is 0 Å². The van der Waals surface area contributed by atoms with E-state index in [1.807, 2.05) is 0 Å². The van der Waals surface area contributed by atoms with Crippen molar-refractivity contribution in [1.29, 1.82) is 0 Å². The molecule has 1 aliphatic rings. The van der Waals surface area contributed by atoms with Crippen LogP contribution in [0.25, 0.3) is 0 Å². The molecule has 2 N–H and O–H groups in total. The third-order valence-corrected chi connectivity index (χ3v) is 3.58. The highest BCUT2D eigenvalue weighted by Gasteiger charge is 2.13. The zero-order valence-corrected chi connectivity index (χ0v) is 11.8. The van der Waals surface area contributed by atoms with Crippen LogP contribution in [0.2, 0.25) is 0 Å². The van der Waals surface area contributed by atoms with Gasteiger partial charge in [-0.15, -0.1) is 0 Å². The van der Waals surface area contributed by atoms with E-state index >= 15 is 0 Å². The van der Waals surface area contributed by atoms with Crippen LogP contribution in [0.15, 0.2) is 18.2 Å². The number of rotatable bonds is 6. The molecule has 0 amide bonds. The quantitative estimate of drug-likeness (QED) is 0.806. The topological polar surface area (TPSA) is 27.3 Å². The van der Waals surface area contributed by atoms with Crippen molar-refractivity contribution in [3.8, 4) is 0 Å². The third kappa shape index (κ3) is 3.47. The van der Waals surface area contributed by atoms with Gasteiger partial charge in [0.1, 0.15) is 0 Å². The van der Waals surface area contributed by atoms with E-state index in [-0.39, 0.29) is 0 Å². The van der Waals surface area contributed by atoms with E-state index < -0.39 is 0 Å². The molecule has 1 atom stereocenters. The number of hydrogen-bond donors (Lipinski definition) is 2. The van der Waals surface area contributed by atoms with Crippen LogP contribution in [0.3, 0.4) is 0 Å². The second-order valence-electron chi connectivity index (χ2n) is 5.50. The van der Waals surface area contributed by atoms with E-state index in [0.29, 0.717) is 6.04 Å². The molecule has 0 fully saturated rings. The standard InChI is InChI=1S/C15H25N3/c1-12(8-10-18(2)3)17-11-14-6-4-5-13-7-9-16-15(13)14/h4-6,12,16-17H,7-11H2,1-3H3. The van der Waals surface area contributed by atoms with Crippen LogP contribution in [0, 0.1) is 0 Å². The van der Waals surface area contributed by atoms with Gasteiger partial charge in [0.25, 0.3) is 0 Å². The molecule has 3 nitrogen and oxygen atoms in total. The van der Waals surface area contributed by atoms with Crippen molar-refractivity contribution < 1.29 is 0 Å². The van der Waals surface area contributed by atoms with Crippen molar-refractivity contribution in [2.75, 3.05) is 32.5 Å². The molecule has 1 aliphatic heterocycles. The molecule has 0 saturated carbocycles. The number of anilines is 1. The lowest BCUT2D eigenvalue weighted by Gasteiger charge is -2.18. The Bertz CT molecular complexity index is 387. The molecule has 2 rings (SSSR count). The Balaban J connectivity index is 1.85. The predicted octanol–water partition coefficient (Wildman–Crippen LogP) is 2.08. The molecule has 18 heavy (non-hydrogen) atoms. The first-order chi connectivity index (χ1) is 8.66. The maximum Gasteiger partial charge on any atom is 0.0419 e. The highest BCUT2D eigenvalue weighted by Crippen LogP contribution is 2.26. The van der Waals surface area contributed by atoms with Crippen molar-refractivity contribution in [3.05, 3.63) is 29.3 Å². The van der Waals surface area contributed by atoms with Gasteiger partial charge in [-0.2, -0.15) is 0 Å². The normalized spacial score (nSPS) is 15.6. The molecule has 1 aromatic rings. The Morgan fingerprint density at radius 3 is 3.00 bits per heavy atom. The Hall–Kier alpha value is -1.06. The smallest absolute Gasteiger partial charge is 0.0419 e. The molecule has 1 heterocycles. The van der Waals surface area contributed by atoms with Crippen LogP contribution >= 0.6 is 0 Å². The van der Waals surface area contributed by atoms with Gasteiger partial charge in [-0.05, 0) is 51.5 Å². The van der Waals surface area contributed by atoms with Gasteiger partial charge in [-0.1, -0.05) is 18.2 Å². The average molecular weight is 247 g/mol. The molecule has 0 spiro atoms. The van der Waals surface area contributed by atoms with Crippen molar-refractivity contribution in [2.45, 2.75) is 32.4 Å². The first kappa shape index (κ1) is 13.4. The van der Waals surface area contributed by atoms with Crippen LogP contribution in [0.1, 0.15) is 24.5 Å². The molecule has 0 bridgehead atoms. The maximum absolute atomic E-state index is 3.62. The number of nitrogens with one attached hydrogen (secondary N) is 2. The van der Waals surface area contributed by atoms with Crippen molar-refractivity contribution in [1.82, 2.24) is 10.2 Å². The second-order valence-corrected chi connectivity index (χ2v) is 5.50. The first-order valence-electron chi connectivity index (χ1n) is 6.89. The van der Waals surface area contributed by atoms with E-state index in [0.717, 1.165) is 19.6 Å². The minimum atomic E-state index is 0.560. The van der Waals surface area contributed by atoms with Crippen LogP contribution in [0.5, 0.6) is 0 Å². The van der Waals surface area contributed by atoms with Gasteiger partial charge in [0.05, 0.1) is 0 Å². The molecular formula is C15H25N3. The molecule has 3 heteroatoms. The predicted molar refractivity (Wildman–Crippen MR) is 78.1 cm³/mol. The van der Waals surface area contributed by atoms with Crippen molar-refractivity contribution in [3.63, 3.8) is 0 Å². The number of hydrogen-bond acceptors (Lipinski definition) is 3. The van der Waals surface area contributed by atoms with Crippen molar-refractivity contribution >= 4 is 5.69 Å². The fourth-order valence-corrected chi connectivity index (χ4v) is 2.40. The minimum Gasteiger partial charge on any atom is -0.384 e. The Morgan fingerprint density at radius 1 is 1.39 bits per heavy atom. The summed E-state index contributed by atoms with van der Waals surface area (Å²) in [5, 5.41) is 7.11. The van der Waals surface area contributed by atoms with Gasteiger partial charge in [0.15, 0.2) is 0 Å². The fraction of sp³-hybridized carbons (Fsp3) is 0.600. The van der Waals surface area contributed by atoms with Gasteiger partial charge in [-0.25, -0.2) is 0 Å². The summed E-state index contributed by atoms with van der Waals surface area (Å²) in [6.07, 6.45) is 2.36. The molecule has 100 valence electrons. The lowest BCUT2D eigenvalue weighted by atomic mass is 10.1. The van der Waals surface area contributed by atoms with Gasteiger partial charge in [0, 0.05) is 24.8 Å². The summed E-state index contributed by atoms with van der Waals surface area (Å²) >= 11 is 0. The number of fused-ring (bicyclic) bond motifs is 1. The second kappa shape index (κ2) is 6.21. The summed E-state index contributed by atoms with van der Waals surface area (Å²) < 4.78 is 0. The van der Waals surface area contributed by atoms with Crippen LogP contribution in [-0.2, 0) is 13.0 Å². The Kier molecular flexibility index (Phi) is 4.61. The Labute approximate surface area is 111 Å². The monoisotopic (exact) mass is 247 g/mol. The number of para-hydroxylation sites is 1. The average Bonchev–Trinajstić information content (AvgIpc) is 2.82. The highest BCUT2D eigenvalue weighted by atomic mass is 15.1. The maximum atomic E-state index is 3.62. The SMILES string of the molecule is CC(CCN(C)C)NCc1cccc2c1NCC2. The molecule has 1 aromatic carbocycles. The van der Waals surface area contributed by atoms with E-state index in [4.69, 9.17) is 0 Å². The zero-order chi connectivity index (χ0) is 13.0. The summed E-state index contributed by atoms with van der Waals surface area (Å²) in [6, 6.07) is 7.19. The van der Waals surface area contributed by atoms with E-state index in [1.54, 1.807) is 0 Å². The van der Waals surface area contributed by atoms with E-state index in [2.05, 4.69) is 54.8 Å². The molecule has 0 aromatic heterocycles. The zero-order valence-electron chi connectivity index (χ0n) is 11.8. The van der Waals surface area contributed by atoms with E-state index in [1.165, 1.54) is 29.7 Å². The molecule has 0 radical (unpaired) electrons. The summed E-state index contributed by atoms with van der Waals surface area (Å²) in [6.45, 7) is 5.45. The molecule has 0 saturated heterocycles. The highest BCUT2D eigenvalue weighted by molar-refractivity contribution is 5.61. The minimum absolute atomic E-state index is 0.560. The van der Waals surface area contributed by atoms with Crippen LogP contribution in [-0.4, -0.2) is 38.1 Å². The van der Waals surface area contributed by atoms with Gasteiger partial charge in [-0.3, -0.25) is 0 Å². The van der Waals surface area contributed by atoms with Crippen molar-refractivity contribution in [2.24, 2.45) is 0 Å². The van der Waals surface area contributed by atoms with Crippen LogP contribution in [0.4, 0.5) is 5.69 Å². The lowest BCUT2D eigenvalue weighted by molar-refractivity contribution is 0.366. The Morgan fingerprint density at radius 2 is 2.22 bits per heavy atom. The lowest BCUT2D eigenvalue weighted by Crippen LogP contribution is -2.29. The van der Waals surface area contributed by atoms with Gasteiger partial charge < -0.3 is 15.5 Å². The largest absolute Gasteiger partial charge is 0.384 e. The number of benzene rings is 1. The summed E-state index contributed by atoms with van der Waals surface area (Å²) in [5.41, 5.74) is 4.24. The third-order valence-electron chi connectivity index (χ3n) is 3.58. The molecule has 0 aliphatic carbocycles. The fourth-order valence-electron chi connectivity index (χ4n) is 2.40. The summed E-state index contributed by atoms with van der Waals surface area (Å²) in [4.78, 5) is 2.24.